The van der Waals surface area contributed by atoms with Crippen LogP contribution in [-0.2, 0) is 16.1 Å². The second-order valence-electron chi connectivity index (χ2n) is 5.65. The molecule has 0 radical (unpaired) electrons. The second-order valence-corrected chi connectivity index (χ2v) is 5.65. The van der Waals surface area contributed by atoms with Gasteiger partial charge in [-0.3, -0.25) is 9.69 Å². The first kappa shape index (κ1) is 13.5. The van der Waals surface area contributed by atoms with E-state index in [1.54, 1.807) is 0 Å². The molecule has 1 saturated heterocycles. The molecule has 1 aliphatic heterocycles. The number of rotatable bonds is 5. The molecular weight excluding hydrogens is 258 g/mol. The molecule has 20 heavy (non-hydrogen) atoms. The SMILES string of the molecule is CCOC(=O)C1CCCN(Cc2noc(C3CC3)n2)C1. The normalized spacial score (nSPS) is 23.8. The number of aromatic nitrogens is 2. The van der Waals surface area contributed by atoms with E-state index in [9.17, 15) is 4.79 Å². The number of carbonyl (C=O) groups is 1. The number of esters is 1. The Morgan fingerprint density at radius 1 is 1.45 bits per heavy atom. The molecule has 6 heteroatoms. The summed E-state index contributed by atoms with van der Waals surface area (Å²) in [5.41, 5.74) is 0. The van der Waals surface area contributed by atoms with Crippen LogP contribution in [0.15, 0.2) is 4.52 Å². The zero-order valence-electron chi connectivity index (χ0n) is 11.9. The molecule has 2 fully saturated rings. The minimum atomic E-state index is -0.0796. The van der Waals surface area contributed by atoms with Gasteiger partial charge in [0.15, 0.2) is 5.82 Å². The first-order valence-electron chi connectivity index (χ1n) is 7.47. The topological polar surface area (TPSA) is 68.5 Å². The number of carbonyl (C=O) groups excluding carboxylic acids is 1. The van der Waals surface area contributed by atoms with Crippen LogP contribution >= 0.6 is 0 Å². The van der Waals surface area contributed by atoms with Crippen LogP contribution in [0.25, 0.3) is 0 Å². The maximum atomic E-state index is 11.8. The van der Waals surface area contributed by atoms with Crippen LogP contribution in [0.4, 0.5) is 0 Å². The zero-order chi connectivity index (χ0) is 13.9. The van der Waals surface area contributed by atoms with E-state index in [1.807, 2.05) is 6.92 Å². The highest BCUT2D eigenvalue weighted by Crippen LogP contribution is 2.38. The van der Waals surface area contributed by atoms with E-state index in [-0.39, 0.29) is 11.9 Å². The average Bonchev–Trinajstić information content (AvgIpc) is 3.20. The van der Waals surface area contributed by atoms with Gasteiger partial charge in [-0.2, -0.15) is 4.98 Å². The number of ether oxygens (including phenoxy) is 1. The van der Waals surface area contributed by atoms with Crippen molar-refractivity contribution in [1.29, 1.82) is 0 Å². The Hall–Kier alpha value is -1.43. The molecule has 0 amide bonds. The molecule has 1 saturated carbocycles. The molecule has 6 nitrogen and oxygen atoms in total. The van der Waals surface area contributed by atoms with E-state index in [0.717, 1.165) is 50.5 Å². The van der Waals surface area contributed by atoms with Gasteiger partial charge in [-0.25, -0.2) is 0 Å². The summed E-state index contributed by atoms with van der Waals surface area (Å²) in [6.45, 7) is 4.66. The minimum Gasteiger partial charge on any atom is -0.466 e. The smallest absolute Gasteiger partial charge is 0.310 e. The number of hydrogen-bond acceptors (Lipinski definition) is 6. The predicted molar refractivity (Wildman–Crippen MR) is 70.9 cm³/mol. The van der Waals surface area contributed by atoms with Crippen LogP contribution in [0.3, 0.4) is 0 Å². The molecule has 0 bridgehead atoms. The fraction of sp³-hybridized carbons (Fsp3) is 0.786. The molecule has 1 aliphatic carbocycles. The van der Waals surface area contributed by atoms with Crippen molar-refractivity contribution in [3.63, 3.8) is 0 Å². The Balaban J connectivity index is 1.54. The Kier molecular flexibility index (Phi) is 4.00. The van der Waals surface area contributed by atoms with E-state index in [1.165, 1.54) is 0 Å². The third-order valence-corrected chi connectivity index (χ3v) is 3.90. The van der Waals surface area contributed by atoms with Gasteiger partial charge in [-0.1, -0.05) is 5.16 Å². The third-order valence-electron chi connectivity index (χ3n) is 3.90. The van der Waals surface area contributed by atoms with Crippen molar-refractivity contribution in [3.05, 3.63) is 11.7 Å². The molecule has 3 rings (SSSR count). The molecule has 2 aliphatic rings. The number of nitrogens with zero attached hydrogens (tertiary/aromatic N) is 3. The second kappa shape index (κ2) is 5.91. The Morgan fingerprint density at radius 2 is 2.30 bits per heavy atom. The Morgan fingerprint density at radius 3 is 3.05 bits per heavy atom. The molecule has 0 N–H and O–H groups in total. The third kappa shape index (κ3) is 3.17. The lowest BCUT2D eigenvalue weighted by Crippen LogP contribution is -2.39. The van der Waals surface area contributed by atoms with Crippen LogP contribution in [-0.4, -0.2) is 40.7 Å². The number of hydrogen-bond donors (Lipinski definition) is 0. The van der Waals surface area contributed by atoms with Crippen LogP contribution in [0.1, 0.15) is 50.2 Å². The van der Waals surface area contributed by atoms with Crippen molar-refractivity contribution in [1.82, 2.24) is 15.0 Å². The van der Waals surface area contributed by atoms with E-state index < -0.39 is 0 Å². The molecule has 2 heterocycles. The van der Waals surface area contributed by atoms with Crippen LogP contribution in [0, 0.1) is 5.92 Å². The molecule has 1 aromatic heterocycles. The number of likely N-dealkylation sites (tertiary alicyclic amines) is 1. The van der Waals surface area contributed by atoms with Crippen LogP contribution in [0.2, 0.25) is 0 Å². The summed E-state index contributed by atoms with van der Waals surface area (Å²) in [5, 5.41) is 4.03. The molecule has 1 aromatic rings. The van der Waals surface area contributed by atoms with Crippen molar-refractivity contribution in [2.75, 3.05) is 19.7 Å². The first-order chi connectivity index (χ1) is 9.76. The highest BCUT2D eigenvalue weighted by molar-refractivity contribution is 5.72. The van der Waals surface area contributed by atoms with Gasteiger partial charge in [0.2, 0.25) is 5.89 Å². The monoisotopic (exact) mass is 279 g/mol. The Bertz CT molecular complexity index is 470. The molecule has 0 aromatic carbocycles. The summed E-state index contributed by atoms with van der Waals surface area (Å²) in [5.74, 6) is 1.91. The van der Waals surface area contributed by atoms with E-state index in [4.69, 9.17) is 9.26 Å². The minimum absolute atomic E-state index is 0.0153. The van der Waals surface area contributed by atoms with Crippen molar-refractivity contribution >= 4 is 5.97 Å². The van der Waals surface area contributed by atoms with E-state index in [0.29, 0.717) is 19.1 Å². The van der Waals surface area contributed by atoms with Gasteiger partial charge in [0.1, 0.15) is 0 Å². The van der Waals surface area contributed by atoms with Crippen LogP contribution < -0.4 is 0 Å². The standard InChI is InChI=1S/C14H21N3O3/c1-2-19-14(18)11-4-3-7-17(8-11)9-12-15-13(20-16-12)10-5-6-10/h10-11H,2-9H2,1H3. The van der Waals surface area contributed by atoms with Crippen molar-refractivity contribution < 1.29 is 14.1 Å². The molecule has 1 unspecified atom stereocenters. The number of piperidine rings is 1. The van der Waals surface area contributed by atoms with Gasteiger partial charge in [0, 0.05) is 12.5 Å². The fourth-order valence-electron chi connectivity index (χ4n) is 2.68. The summed E-state index contributed by atoms with van der Waals surface area (Å²) in [6.07, 6.45) is 4.25. The zero-order valence-corrected chi connectivity index (χ0v) is 11.9. The van der Waals surface area contributed by atoms with Crippen LogP contribution in [0.5, 0.6) is 0 Å². The largest absolute Gasteiger partial charge is 0.466 e. The van der Waals surface area contributed by atoms with E-state index >= 15 is 0 Å². The molecular formula is C14H21N3O3. The van der Waals surface area contributed by atoms with Gasteiger partial charge < -0.3 is 9.26 Å². The summed E-state index contributed by atoms with van der Waals surface area (Å²) < 4.78 is 10.4. The molecule has 0 spiro atoms. The first-order valence-corrected chi connectivity index (χ1v) is 7.47. The highest BCUT2D eigenvalue weighted by Gasteiger charge is 2.31. The van der Waals surface area contributed by atoms with E-state index in [2.05, 4.69) is 15.0 Å². The molecule has 1 atom stereocenters. The summed E-state index contributed by atoms with van der Waals surface area (Å²) in [7, 11) is 0. The summed E-state index contributed by atoms with van der Waals surface area (Å²) in [4.78, 5) is 18.5. The lowest BCUT2D eigenvalue weighted by atomic mass is 9.98. The van der Waals surface area contributed by atoms with Gasteiger partial charge >= 0.3 is 5.97 Å². The maximum absolute atomic E-state index is 11.8. The quantitative estimate of drug-likeness (QED) is 0.764. The van der Waals surface area contributed by atoms with Gasteiger partial charge in [-0.15, -0.1) is 0 Å². The Labute approximate surface area is 118 Å². The maximum Gasteiger partial charge on any atom is 0.310 e. The fourth-order valence-corrected chi connectivity index (χ4v) is 2.68. The summed E-state index contributed by atoms with van der Waals surface area (Å²) in [6, 6.07) is 0. The van der Waals surface area contributed by atoms with Gasteiger partial charge in [-0.05, 0) is 39.2 Å². The van der Waals surface area contributed by atoms with Crippen molar-refractivity contribution in [2.45, 2.75) is 45.1 Å². The highest BCUT2D eigenvalue weighted by atomic mass is 16.5. The van der Waals surface area contributed by atoms with Gasteiger partial charge in [0.25, 0.3) is 0 Å². The van der Waals surface area contributed by atoms with Crippen molar-refractivity contribution in [3.8, 4) is 0 Å². The summed E-state index contributed by atoms with van der Waals surface area (Å²) >= 11 is 0. The average molecular weight is 279 g/mol. The lowest BCUT2D eigenvalue weighted by molar-refractivity contribution is -0.150. The van der Waals surface area contributed by atoms with Gasteiger partial charge in [0.05, 0.1) is 19.1 Å². The molecule has 110 valence electrons. The lowest BCUT2D eigenvalue weighted by Gasteiger charge is -2.30. The predicted octanol–water partition coefficient (Wildman–Crippen LogP) is 1.72. The van der Waals surface area contributed by atoms with Crippen molar-refractivity contribution in [2.24, 2.45) is 5.92 Å².